The average molecular weight is 367 g/mol. The molecule has 3 rings (SSSR count). The third kappa shape index (κ3) is 4.37. The van der Waals surface area contributed by atoms with Gasteiger partial charge in [-0.3, -0.25) is 4.79 Å². The first-order valence-corrected chi connectivity index (χ1v) is 8.56. The van der Waals surface area contributed by atoms with Gasteiger partial charge >= 0.3 is 0 Å². The summed E-state index contributed by atoms with van der Waals surface area (Å²) in [5.74, 6) is 0.191. The van der Waals surface area contributed by atoms with Gasteiger partial charge in [0.1, 0.15) is 5.69 Å². The zero-order valence-corrected chi connectivity index (χ0v) is 15.4. The van der Waals surface area contributed by atoms with Crippen LogP contribution in [-0.4, -0.2) is 22.9 Å². The quantitative estimate of drug-likeness (QED) is 0.730. The van der Waals surface area contributed by atoms with Crippen molar-refractivity contribution in [1.29, 1.82) is 0 Å². The molecule has 3 aromatic rings. The lowest BCUT2D eigenvalue weighted by Crippen LogP contribution is -2.21. The molecule has 1 amide bonds. The Balaban J connectivity index is 1.76. The number of halogens is 1. The van der Waals surface area contributed by atoms with Crippen molar-refractivity contribution < 1.29 is 4.79 Å². The van der Waals surface area contributed by atoms with E-state index in [0.717, 1.165) is 11.1 Å². The van der Waals surface area contributed by atoms with E-state index in [1.54, 1.807) is 24.4 Å². The van der Waals surface area contributed by atoms with Crippen LogP contribution in [0.2, 0.25) is 5.02 Å². The Kier molecular flexibility index (Phi) is 5.49. The molecule has 1 aromatic heterocycles. The van der Waals surface area contributed by atoms with Crippen LogP contribution in [0.5, 0.6) is 0 Å². The zero-order valence-electron chi connectivity index (χ0n) is 14.6. The van der Waals surface area contributed by atoms with E-state index >= 15 is 0 Å². The molecule has 0 aliphatic heterocycles. The summed E-state index contributed by atoms with van der Waals surface area (Å²) in [5, 5.41) is 3.42. The maximum atomic E-state index is 12.5. The molecule has 0 aliphatic rings. The lowest BCUT2D eigenvalue weighted by molar-refractivity contribution is 0.102. The van der Waals surface area contributed by atoms with Crippen molar-refractivity contribution >= 4 is 29.1 Å². The number of hydrogen-bond acceptors (Lipinski definition) is 4. The molecule has 1 heterocycles. The molecule has 0 unspecified atom stereocenters. The van der Waals surface area contributed by atoms with E-state index in [0.29, 0.717) is 28.9 Å². The zero-order chi connectivity index (χ0) is 18.5. The van der Waals surface area contributed by atoms with Gasteiger partial charge < -0.3 is 10.2 Å². The number of nitrogens with one attached hydrogen (secondary N) is 1. The van der Waals surface area contributed by atoms with Crippen LogP contribution in [0.3, 0.4) is 0 Å². The molecule has 0 atom stereocenters. The van der Waals surface area contributed by atoms with E-state index < -0.39 is 0 Å². The topological polar surface area (TPSA) is 58.1 Å². The number of nitrogens with zero attached hydrogens (tertiary/aromatic N) is 3. The third-order valence-corrected chi connectivity index (χ3v) is 4.16. The maximum absolute atomic E-state index is 12.5. The van der Waals surface area contributed by atoms with Gasteiger partial charge in [0.05, 0.1) is 0 Å². The minimum absolute atomic E-state index is 0.299. The van der Waals surface area contributed by atoms with E-state index in [2.05, 4.69) is 15.3 Å². The minimum atomic E-state index is -0.299. The van der Waals surface area contributed by atoms with E-state index in [1.807, 2.05) is 55.3 Å². The van der Waals surface area contributed by atoms with Crippen molar-refractivity contribution in [2.24, 2.45) is 0 Å². The number of aryl methyl sites for hydroxylation is 1. The largest absolute Gasteiger partial charge is 0.340 e. The molecule has 0 bridgehead atoms. The first-order valence-electron chi connectivity index (χ1n) is 8.18. The highest BCUT2D eigenvalue weighted by Crippen LogP contribution is 2.21. The fraction of sp³-hybridized carbons (Fsp3) is 0.150. The Morgan fingerprint density at radius 3 is 2.69 bits per heavy atom. The van der Waals surface area contributed by atoms with Gasteiger partial charge in [0, 0.05) is 30.5 Å². The standard InChI is InChI=1S/C20H19ClN4O/c1-14-8-9-16(21)12-18(14)23-19(26)17-10-11-22-20(24-17)25(2)13-15-6-4-3-5-7-15/h3-12H,13H2,1-2H3,(H,23,26). The van der Waals surface area contributed by atoms with Crippen LogP contribution < -0.4 is 10.2 Å². The van der Waals surface area contributed by atoms with Crippen molar-refractivity contribution in [3.8, 4) is 0 Å². The van der Waals surface area contributed by atoms with Crippen LogP contribution in [0.15, 0.2) is 60.8 Å². The summed E-state index contributed by atoms with van der Waals surface area (Å²) >= 11 is 6.01. The summed E-state index contributed by atoms with van der Waals surface area (Å²) in [6.07, 6.45) is 1.59. The van der Waals surface area contributed by atoms with Gasteiger partial charge in [-0.2, -0.15) is 0 Å². The predicted molar refractivity (Wildman–Crippen MR) is 105 cm³/mol. The second-order valence-electron chi connectivity index (χ2n) is 6.00. The van der Waals surface area contributed by atoms with Crippen molar-refractivity contribution in [2.75, 3.05) is 17.3 Å². The first-order chi connectivity index (χ1) is 12.5. The average Bonchev–Trinajstić information content (AvgIpc) is 2.65. The highest BCUT2D eigenvalue weighted by Gasteiger charge is 2.13. The van der Waals surface area contributed by atoms with Gasteiger partial charge in [0.15, 0.2) is 0 Å². The number of carbonyl (C=O) groups excluding carboxylic acids is 1. The van der Waals surface area contributed by atoms with E-state index in [-0.39, 0.29) is 5.91 Å². The molecule has 0 saturated carbocycles. The molecule has 0 saturated heterocycles. The number of benzene rings is 2. The Hall–Kier alpha value is -2.92. The number of hydrogen-bond donors (Lipinski definition) is 1. The molecule has 0 aliphatic carbocycles. The third-order valence-electron chi connectivity index (χ3n) is 3.93. The van der Waals surface area contributed by atoms with Crippen LogP contribution in [0.25, 0.3) is 0 Å². The number of rotatable bonds is 5. The Bertz CT molecular complexity index is 915. The van der Waals surface area contributed by atoms with Crippen LogP contribution >= 0.6 is 11.6 Å². The SMILES string of the molecule is Cc1ccc(Cl)cc1NC(=O)c1ccnc(N(C)Cc2ccccc2)n1. The monoisotopic (exact) mass is 366 g/mol. The van der Waals surface area contributed by atoms with Gasteiger partial charge in [-0.25, -0.2) is 9.97 Å². The summed E-state index contributed by atoms with van der Waals surface area (Å²) in [4.78, 5) is 23.1. The molecule has 0 fully saturated rings. The summed E-state index contributed by atoms with van der Waals surface area (Å²) < 4.78 is 0. The van der Waals surface area contributed by atoms with Gasteiger partial charge in [0.2, 0.25) is 5.95 Å². The normalized spacial score (nSPS) is 10.4. The minimum Gasteiger partial charge on any atom is -0.340 e. The number of amides is 1. The molecule has 132 valence electrons. The molecule has 1 N–H and O–H groups in total. The van der Waals surface area contributed by atoms with Crippen molar-refractivity contribution in [2.45, 2.75) is 13.5 Å². The fourth-order valence-corrected chi connectivity index (χ4v) is 2.67. The first kappa shape index (κ1) is 17.9. The van der Waals surface area contributed by atoms with E-state index in [4.69, 9.17) is 11.6 Å². The number of anilines is 2. The highest BCUT2D eigenvalue weighted by molar-refractivity contribution is 6.31. The number of carbonyl (C=O) groups is 1. The molecular weight excluding hydrogens is 348 g/mol. The lowest BCUT2D eigenvalue weighted by Gasteiger charge is -2.17. The van der Waals surface area contributed by atoms with Gasteiger partial charge in [-0.15, -0.1) is 0 Å². The smallest absolute Gasteiger partial charge is 0.274 e. The second-order valence-corrected chi connectivity index (χ2v) is 6.43. The summed E-state index contributed by atoms with van der Waals surface area (Å²) in [5.41, 5.74) is 3.04. The van der Waals surface area contributed by atoms with Gasteiger partial charge in [0.25, 0.3) is 5.91 Å². The predicted octanol–water partition coefficient (Wildman–Crippen LogP) is 4.33. The van der Waals surface area contributed by atoms with Crippen LogP contribution in [0.1, 0.15) is 21.6 Å². The Morgan fingerprint density at radius 2 is 1.92 bits per heavy atom. The highest BCUT2D eigenvalue weighted by atomic mass is 35.5. The second kappa shape index (κ2) is 7.97. The van der Waals surface area contributed by atoms with Crippen molar-refractivity contribution in [3.05, 3.63) is 82.6 Å². The van der Waals surface area contributed by atoms with Crippen LogP contribution in [-0.2, 0) is 6.54 Å². The Morgan fingerprint density at radius 1 is 1.15 bits per heavy atom. The van der Waals surface area contributed by atoms with Gasteiger partial charge in [-0.05, 0) is 36.2 Å². The molecular formula is C20H19ClN4O. The molecule has 0 spiro atoms. The summed E-state index contributed by atoms with van der Waals surface area (Å²) in [6, 6.07) is 17.0. The van der Waals surface area contributed by atoms with E-state index in [1.165, 1.54) is 0 Å². The summed E-state index contributed by atoms with van der Waals surface area (Å²) in [7, 11) is 1.89. The molecule has 2 aromatic carbocycles. The maximum Gasteiger partial charge on any atom is 0.274 e. The molecule has 5 nitrogen and oxygen atoms in total. The van der Waals surface area contributed by atoms with Gasteiger partial charge in [-0.1, -0.05) is 48.0 Å². The fourth-order valence-electron chi connectivity index (χ4n) is 2.50. The Labute approximate surface area is 157 Å². The molecule has 0 radical (unpaired) electrons. The van der Waals surface area contributed by atoms with Crippen molar-refractivity contribution in [1.82, 2.24) is 9.97 Å². The lowest BCUT2D eigenvalue weighted by atomic mass is 10.2. The van der Waals surface area contributed by atoms with Crippen molar-refractivity contribution in [3.63, 3.8) is 0 Å². The van der Waals surface area contributed by atoms with Crippen LogP contribution in [0.4, 0.5) is 11.6 Å². The van der Waals surface area contributed by atoms with E-state index in [9.17, 15) is 4.79 Å². The summed E-state index contributed by atoms with van der Waals surface area (Å²) in [6.45, 7) is 2.56. The van der Waals surface area contributed by atoms with Crippen LogP contribution in [0, 0.1) is 6.92 Å². The molecule has 26 heavy (non-hydrogen) atoms. The molecule has 6 heteroatoms. The number of aromatic nitrogens is 2.